The molecule has 0 saturated carbocycles. The lowest BCUT2D eigenvalue weighted by atomic mass is 10.2. The molecule has 1 heterocycles. The monoisotopic (exact) mass is 236 g/mol. The summed E-state index contributed by atoms with van der Waals surface area (Å²) in [5, 5.41) is 1.22. The van der Waals surface area contributed by atoms with Crippen LogP contribution in [0.5, 0.6) is 0 Å². The molecule has 1 aromatic carbocycles. The lowest BCUT2D eigenvalue weighted by Crippen LogP contribution is -2.04. The lowest BCUT2D eigenvalue weighted by molar-refractivity contribution is 0.485. The van der Waals surface area contributed by atoms with Crippen molar-refractivity contribution in [3.05, 3.63) is 18.2 Å². The molecule has 86 valence electrons. The van der Waals surface area contributed by atoms with Crippen LogP contribution in [0.2, 0.25) is 0 Å². The van der Waals surface area contributed by atoms with Gasteiger partial charge in [-0.25, -0.2) is 4.98 Å². The van der Waals surface area contributed by atoms with Gasteiger partial charge in [0.1, 0.15) is 5.52 Å². The van der Waals surface area contributed by atoms with Crippen molar-refractivity contribution in [3.63, 3.8) is 0 Å². The van der Waals surface area contributed by atoms with Crippen molar-refractivity contribution in [3.8, 4) is 0 Å². The minimum Gasteiger partial charge on any atom is -0.431 e. The van der Waals surface area contributed by atoms with Crippen LogP contribution in [0.3, 0.4) is 0 Å². The molecule has 2 rings (SSSR count). The predicted molar refractivity (Wildman–Crippen MR) is 68.6 cm³/mol. The van der Waals surface area contributed by atoms with Gasteiger partial charge < -0.3 is 10.2 Å². The molecule has 1 aromatic heterocycles. The van der Waals surface area contributed by atoms with Gasteiger partial charge in [0.15, 0.2) is 5.58 Å². The van der Waals surface area contributed by atoms with Gasteiger partial charge in [-0.3, -0.25) is 0 Å². The highest BCUT2D eigenvalue weighted by Crippen LogP contribution is 2.30. The molecule has 0 spiro atoms. The van der Waals surface area contributed by atoms with Gasteiger partial charge in [0, 0.05) is 10.9 Å². The molecule has 1 unspecified atom stereocenters. The predicted octanol–water partition coefficient (Wildman–Crippen LogP) is 3.55. The van der Waals surface area contributed by atoms with E-state index in [4.69, 9.17) is 10.2 Å². The molecule has 2 N–H and O–H groups in total. The Labute approximate surface area is 99.4 Å². The first-order valence-electron chi connectivity index (χ1n) is 5.39. The molecule has 1 atom stereocenters. The average molecular weight is 236 g/mol. The summed E-state index contributed by atoms with van der Waals surface area (Å²) in [5.41, 5.74) is 8.04. The van der Waals surface area contributed by atoms with Crippen LogP contribution in [0.1, 0.15) is 20.8 Å². The Bertz CT molecular complexity index is 493. The minimum atomic E-state index is 0.491. The molecule has 2 aromatic rings. The van der Waals surface area contributed by atoms with Crippen molar-refractivity contribution in [2.75, 3.05) is 5.73 Å². The third kappa shape index (κ3) is 2.32. The van der Waals surface area contributed by atoms with E-state index in [0.717, 1.165) is 16.3 Å². The summed E-state index contributed by atoms with van der Waals surface area (Å²) < 4.78 is 5.64. The van der Waals surface area contributed by atoms with Crippen LogP contribution in [0, 0.1) is 5.92 Å². The smallest absolute Gasteiger partial charge is 0.257 e. The largest absolute Gasteiger partial charge is 0.431 e. The van der Waals surface area contributed by atoms with Gasteiger partial charge in [-0.2, -0.15) is 0 Å². The number of aromatic nitrogens is 1. The highest BCUT2D eigenvalue weighted by atomic mass is 32.2. The number of anilines is 1. The zero-order valence-corrected chi connectivity index (χ0v) is 10.5. The Morgan fingerprint density at radius 1 is 1.31 bits per heavy atom. The zero-order chi connectivity index (χ0) is 11.7. The topological polar surface area (TPSA) is 52.0 Å². The summed E-state index contributed by atoms with van der Waals surface area (Å²) in [6.07, 6.45) is 0. The van der Waals surface area contributed by atoms with Gasteiger partial charge in [-0.1, -0.05) is 32.5 Å². The zero-order valence-electron chi connectivity index (χ0n) is 9.73. The number of nitrogens with two attached hydrogens (primary N) is 1. The highest BCUT2D eigenvalue weighted by molar-refractivity contribution is 7.99. The van der Waals surface area contributed by atoms with Gasteiger partial charge in [0.25, 0.3) is 5.22 Å². The summed E-state index contributed by atoms with van der Waals surface area (Å²) in [6.45, 7) is 6.56. The maximum absolute atomic E-state index is 5.69. The van der Waals surface area contributed by atoms with Gasteiger partial charge in [0.05, 0.1) is 0 Å². The molecular formula is C12H16N2OS. The molecular weight excluding hydrogens is 220 g/mol. The first-order chi connectivity index (χ1) is 7.56. The van der Waals surface area contributed by atoms with Crippen molar-refractivity contribution in [2.45, 2.75) is 31.2 Å². The van der Waals surface area contributed by atoms with E-state index in [1.54, 1.807) is 11.8 Å². The first kappa shape index (κ1) is 11.3. The van der Waals surface area contributed by atoms with Gasteiger partial charge in [-0.05, 0) is 24.1 Å². The first-order valence-corrected chi connectivity index (χ1v) is 6.27. The Morgan fingerprint density at radius 3 is 2.75 bits per heavy atom. The molecule has 0 aliphatic heterocycles. The van der Waals surface area contributed by atoms with Crippen LogP contribution in [0.15, 0.2) is 27.8 Å². The Morgan fingerprint density at radius 2 is 2.06 bits per heavy atom. The van der Waals surface area contributed by atoms with Crippen LogP contribution >= 0.6 is 11.8 Å². The van der Waals surface area contributed by atoms with Crippen molar-refractivity contribution in [2.24, 2.45) is 5.92 Å². The van der Waals surface area contributed by atoms with Crippen LogP contribution in [-0.2, 0) is 0 Å². The van der Waals surface area contributed by atoms with Gasteiger partial charge in [-0.15, -0.1) is 0 Å². The molecule has 0 radical (unpaired) electrons. The van der Waals surface area contributed by atoms with Crippen molar-refractivity contribution in [1.82, 2.24) is 4.98 Å². The van der Waals surface area contributed by atoms with Crippen molar-refractivity contribution < 1.29 is 4.42 Å². The van der Waals surface area contributed by atoms with Crippen LogP contribution in [0.4, 0.5) is 5.69 Å². The second-order valence-electron chi connectivity index (χ2n) is 4.27. The number of fused-ring (bicyclic) bond motifs is 1. The number of oxazole rings is 1. The van der Waals surface area contributed by atoms with E-state index in [2.05, 4.69) is 25.8 Å². The number of hydrogen-bond donors (Lipinski definition) is 1. The van der Waals surface area contributed by atoms with E-state index in [1.165, 1.54) is 0 Å². The molecule has 0 fully saturated rings. The molecule has 4 heteroatoms. The van der Waals surface area contributed by atoms with E-state index in [9.17, 15) is 0 Å². The highest BCUT2D eigenvalue weighted by Gasteiger charge is 2.13. The summed E-state index contributed by atoms with van der Waals surface area (Å²) in [5.74, 6) is 0.602. The fourth-order valence-corrected chi connectivity index (χ4v) is 2.15. The number of thioether (sulfide) groups is 1. The average Bonchev–Trinajstić information content (AvgIpc) is 2.58. The molecule has 0 saturated heterocycles. The molecule has 0 amide bonds. The van der Waals surface area contributed by atoms with E-state index in [-0.39, 0.29) is 0 Å². The molecule has 0 aliphatic rings. The standard InChI is InChI=1S/C12H16N2OS/c1-7(2)8(3)16-12-14-10-6-9(13)4-5-11(10)15-12/h4-8H,13H2,1-3H3. The van der Waals surface area contributed by atoms with Crippen LogP contribution in [0.25, 0.3) is 11.1 Å². The Kier molecular flexibility index (Phi) is 3.10. The van der Waals surface area contributed by atoms with E-state index in [1.807, 2.05) is 18.2 Å². The number of benzene rings is 1. The van der Waals surface area contributed by atoms with E-state index in [0.29, 0.717) is 16.9 Å². The summed E-state index contributed by atoms with van der Waals surface area (Å²) in [4.78, 5) is 4.41. The number of rotatable bonds is 3. The van der Waals surface area contributed by atoms with Crippen molar-refractivity contribution in [1.29, 1.82) is 0 Å². The quantitative estimate of drug-likeness (QED) is 0.654. The minimum absolute atomic E-state index is 0.491. The Hall–Kier alpha value is -1.16. The number of hydrogen-bond acceptors (Lipinski definition) is 4. The van der Waals surface area contributed by atoms with Crippen LogP contribution < -0.4 is 5.73 Å². The second-order valence-corrected chi connectivity index (χ2v) is 5.60. The number of nitrogen functional groups attached to an aromatic ring is 1. The normalized spacial score (nSPS) is 13.5. The third-order valence-electron chi connectivity index (χ3n) is 2.62. The fraction of sp³-hybridized carbons (Fsp3) is 0.417. The maximum Gasteiger partial charge on any atom is 0.257 e. The van der Waals surface area contributed by atoms with Gasteiger partial charge >= 0.3 is 0 Å². The molecule has 0 aliphatic carbocycles. The SMILES string of the molecule is CC(C)C(C)Sc1nc2cc(N)ccc2o1. The fourth-order valence-electron chi connectivity index (χ4n) is 1.27. The molecule has 16 heavy (non-hydrogen) atoms. The number of nitrogens with zero attached hydrogens (tertiary/aromatic N) is 1. The van der Waals surface area contributed by atoms with E-state index < -0.39 is 0 Å². The van der Waals surface area contributed by atoms with Crippen molar-refractivity contribution >= 4 is 28.5 Å². The summed E-state index contributed by atoms with van der Waals surface area (Å²) in [6, 6.07) is 5.53. The maximum atomic E-state index is 5.69. The summed E-state index contributed by atoms with van der Waals surface area (Å²) in [7, 11) is 0. The Balaban J connectivity index is 2.26. The molecule has 0 bridgehead atoms. The van der Waals surface area contributed by atoms with E-state index >= 15 is 0 Å². The molecule has 3 nitrogen and oxygen atoms in total. The summed E-state index contributed by atoms with van der Waals surface area (Å²) >= 11 is 1.66. The third-order valence-corrected chi connectivity index (χ3v) is 3.91. The second kappa shape index (κ2) is 4.37. The van der Waals surface area contributed by atoms with Gasteiger partial charge in [0.2, 0.25) is 0 Å². The lowest BCUT2D eigenvalue weighted by Gasteiger charge is -2.11. The van der Waals surface area contributed by atoms with Crippen LogP contribution in [-0.4, -0.2) is 10.2 Å².